The Morgan fingerprint density at radius 2 is 1.60 bits per heavy atom. The first-order valence-electron chi connectivity index (χ1n) is 8.20. The van der Waals surface area contributed by atoms with Gasteiger partial charge in [-0.1, -0.05) is 54.6 Å². The number of aromatic amines is 1. The first-order chi connectivity index (χ1) is 12.4. The molecule has 0 aliphatic carbocycles. The van der Waals surface area contributed by atoms with Crippen LogP contribution in [0.15, 0.2) is 66.7 Å². The number of ether oxygens (including phenoxy) is 1. The summed E-state index contributed by atoms with van der Waals surface area (Å²) in [5.74, 6) is 0.854. The second-order valence-electron chi connectivity index (χ2n) is 6.07. The van der Waals surface area contributed by atoms with Crippen LogP contribution in [0.3, 0.4) is 0 Å². The average molecular weight is 323 g/mol. The molecule has 1 N–H and O–H groups in total. The van der Waals surface area contributed by atoms with Gasteiger partial charge in [-0.3, -0.25) is 0 Å². The number of fused-ring (bicyclic) bond motifs is 6. The van der Waals surface area contributed by atoms with E-state index in [1.54, 1.807) is 7.11 Å². The molecule has 0 aliphatic heterocycles. The van der Waals surface area contributed by atoms with Gasteiger partial charge in [0.25, 0.3) is 0 Å². The van der Waals surface area contributed by atoms with Gasteiger partial charge in [0.05, 0.1) is 18.1 Å². The van der Waals surface area contributed by atoms with Crippen LogP contribution in [0, 0.1) is 6.33 Å². The summed E-state index contributed by atoms with van der Waals surface area (Å²) < 4.78 is 5.29. The molecule has 3 heteroatoms. The molecule has 0 bridgehead atoms. The number of rotatable bonds is 2. The number of H-pyrrole nitrogens is 1. The van der Waals surface area contributed by atoms with Gasteiger partial charge in [0, 0.05) is 10.8 Å². The number of nitrogens with one attached hydrogen (secondary N) is 1. The monoisotopic (exact) mass is 323 g/mol. The van der Waals surface area contributed by atoms with Crippen molar-refractivity contribution in [2.24, 2.45) is 0 Å². The fraction of sp³-hybridized carbons (Fsp3) is 0.0455. The number of hydrogen-bond donors (Lipinski definition) is 1. The van der Waals surface area contributed by atoms with Crippen molar-refractivity contribution in [1.82, 2.24) is 9.97 Å². The second kappa shape index (κ2) is 5.35. The molecule has 5 rings (SSSR count). The van der Waals surface area contributed by atoms with E-state index in [1.807, 2.05) is 12.1 Å². The number of hydrogen-bond acceptors (Lipinski definition) is 2. The Labute approximate surface area is 144 Å². The molecule has 0 unspecified atom stereocenters. The lowest BCUT2D eigenvalue weighted by Gasteiger charge is -2.11. The molecule has 0 saturated carbocycles. The summed E-state index contributed by atoms with van der Waals surface area (Å²) in [7, 11) is 1.68. The Bertz CT molecular complexity index is 1220. The Hall–Kier alpha value is -3.33. The molecule has 5 aromatic rings. The van der Waals surface area contributed by atoms with E-state index in [0.29, 0.717) is 0 Å². The van der Waals surface area contributed by atoms with E-state index in [0.717, 1.165) is 33.3 Å². The lowest BCUT2D eigenvalue weighted by molar-refractivity contribution is 0.415. The third-order valence-electron chi connectivity index (χ3n) is 4.77. The zero-order chi connectivity index (χ0) is 16.8. The van der Waals surface area contributed by atoms with Crippen LogP contribution in [0.5, 0.6) is 5.75 Å². The normalized spacial score (nSPS) is 11.4. The number of nitrogens with zero attached hydrogens (tertiary/aromatic N) is 1. The maximum absolute atomic E-state index is 5.29. The number of methoxy groups -OCH3 is 1. The van der Waals surface area contributed by atoms with Crippen LogP contribution in [0.2, 0.25) is 0 Å². The third kappa shape index (κ3) is 2.02. The van der Waals surface area contributed by atoms with Crippen LogP contribution >= 0.6 is 0 Å². The van der Waals surface area contributed by atoms with Crippen molar-refractivity contribution >= 4 is 32.6 Å². The van der Waals surface area contributed by atoms with Gasteiger partial charge in [-0.25, -0.2) is 4.98 Å². The van der Waals surface area contributed by atoms with E-state index < -0.39 is 0 Å². The SMILES string of the molecule is COc1ccc(-c2cccc3c4ccccc4c4[nH][c]nc4c23)cc1. The van der Waals surface area contributed by atoms with Gasteiger partial charge >= 0.3 is 0 Å². The summed E-state index contributed by atoms with van der Waals surface area (Å²) in [6.45, 7) is 0. The van der Waals surface area contributed by atoms with E-state index >= 15 is 0 Å². The Kier molecular flexibility index (Phi) is 3.01. The van der Waals surface area contributed by atoms with Crippen LogP contribution in [-0.4, -0.2) is 17.1 Å². The highest BCUT2D eigenvalue weighted by atomic mass is 16.5. The molecule has 4 aromatic carbocycles. The molecule has 0 atom stereocenters. The van der Waals surface area contributed by atoms with Crippen molar-refractivity contribution in [1.29, 1.82) is 0 Å². The highest BCUT2D eigenvalue weighted by molar-refractivity contribution is 6.26. The summed E-state index contributed by atoms with van der Waals surface area (Å²) in [6.07, 6.45) is 2.92. The molecule has 119 valence electrons. The predicted octanol–water partition coefficient (Wildman–Crippen LogP) is 5.35. The van der Waals surface area contributed by atoms with Crippen molar-refractivity contribution in [2.75, 3.05) is 7.11 Å². The summed E-state index contributed by atoms with van der Waals surface area (Å²) in [5.41, 5.74) is 4.30. The first-order valence-corrected chi connectivity index (χ1v) is 8.20. The van der Waals surface area contributed by atoms with Crippen molar-refractivity contribution in [3.05, 3.63) is 73.1 Å². The van der Waals surface area contributed by atoms with Crippen LogP contribution in [0.1, 0.15) is 0 Å². The summed E-state index contributed by atoms with van der Waals surface area (Å²) in [5, 5.41) is 4.75. The summed E-state index contributed by atoms with van der Waals surface area (Å²) in [6, 6.07) is 23.0. The van der Waals surface area contributed by atoms with Crippen molar-refractivity contribution in [2.45, 2.75) is 0 Å². The lowest BCUT2D eigenvalue weighted by Crippen LogP contribution is -1.87. The van der Waals surface area contributed by atoms with Crippen LogP contribution in [0.4, 0.5) is 0 Å². The van der Waals surface area contributed by atoms with E-state index in [4.69, 9.17) is 4.74 Å². The highest BCUT2D eigenvalue weighted by Crippen LogP contribution is 2.38. The predicted molar refractivity (Wildman–Crippen MR) is 102 cm³/mol. The Balaban J connectivity index is 1.95. The Morgan fingerprint density at radius 3 is 2.40 bits per heavy atom. The molecule has 1 heterocycles. The lowest BCUT2D eigenvalue weighted by atomic mass is 9.93. The zero-order valence-corrected chi connectivity index (χ0v) is 13.7. The topological polar surface area (TPSA) is 37.9 Å². The summed E-state index contributed by atoms with van der Waals surface area (Å²) in [4.78, 5) is 7.71. The molecule has 25 heavy (non-hydrogen) atoms. The average Bonchev–Trinajstić information content (AvgIpc) is 3.18. The van der Waals surface area contributed by atoms with Gasteiger partial charge < -0.3 is 9.72 Å². The number of benzene rings is 4. The van der Waals surface area contributed by atoms with Gasteiger partial charge in [0.2, 0.25) is 0 Å². The van der Waals surface area contributed by atoms with Crippen molar-refractivity contribution in [3.8, 4) is 16.9 Å². The molecule has 0 aliphatic rings. The molecule has 0 spiro atoms. The minimum absolute atomic E-state index is 0.854. The van der Waals surface area contributed by atoms with Crippen LogP contribution < -0.4 is 4.74 Å². The standard InChI is InChI=1S/C22H15N2O/c1-25-15-11-9-14(10-12-15)16-7-4-8-18-17-5-2-3-6-19(17)21-22(20(16)18)24-13-23-21/h2-12H,1H3,(H,23,24). The maximum Gasteiger partial charge on any atom is 0.174 e. The highest BCUT2D eigenvalue weighted by Gasteiger charge is 2.14. The smallest absolute Gasteiger partial charge is 0.174 e. The number of imidazole rings is 1. The molecular weight excluding hydrogens is 308 g/mol. The van der Waals surface area contributed by atoms with E-state index in [2.05, 4.69) is 70.9 Å². The minimum Gasteiger partial charge on any atom is -0.497 e. The fourth-order valence-corrected chi connectivity index (χ4v) is 3.61. The van der Waals surface area contributed by atoms with Crippen molar-refractivity contribution in [3.63, 3.8) is 0 Å². The fourth-order valence-electron chi connectivity index (χ4n) is 3.61. The van der Waals surface area contributed by atoms with E-state index in [1.165, 1.54) is 16.2 Å². The largest absolute Gasteiger partial charge is 0.497 e. The molecule has 0 amide bonds. The van der Waals surface area contributed by atoms with Gasteiger partial charge in [-0.2, -0.15) is 0 Å². The molecule has 1 aromatic heterocycles. The first kappa shape index (κ1) is 14.1. The minimum atomic E-state index is 0.854. The van der Waals surface area contributed by atoms with Crippen molar-refractivity contribution < 1.29 is 4.74 Å². The van der Waals surface area contributed by atoms with Gasteiger partial charge in [-0.05, 0) is 34.0 Å². The second-order valence-corrected chi connectivity index (χ2v) is 6.07. The van der Waals surface area contributed by atoms with Crippen LogP contribution in [0.25, 0.3) is 43.7 Å². The molecule has 0 saturated heterocycles. The number of aromatic nitrogens is 2. The maximum atomic E-state index is 5.29. The quantitative estimate of drug-likeness (QED) is 0.445. The van der Waals surface area contributed by atoms with Gasteiger partial charge in [0.15, 0.2) is 6.33 Å². The molecule has 0 fully saturated rings. The summed E-state index contributed by atoms with van der Waals surface area (Å²) >= 11 is 0. The third-order valence-corrected chi connectivity index (χ3v) is 4.77. The van der Waals surface area contributed by atoms with Crippen LogP contribution in [-0.2, 0) is 0 Å². The van der Waals surface area contributed by atoms with E-state index in [9.17, 15) is 0 Å². The molecule has 3 nitrogen and oxygen atoms in total. The van der Waals surface area contributed by atoms with Gasteiger partial charge in [-0.15, -0.1) is 0 Å². The van der Waals surface area contributed by atoms with Gasteiger partial charge in [0.1, 0.15) is 5.75 Å². The van der Waals surface area contributed by atoms with E-state index in [-0.39, 0.29) is 0 Å². The Morgan fingerprint density at radius 1 is 0.840 bits per heavy atom. The molecule has 1 radical (unpaired) electrons. The zero-order valence-electron chi connectivity index (χ0n) is 13.7. The molecular formula is C22H15N2O.